The third kappa shape index (κ3) is 6.97. The molecule has 0 fully saturated rings. The van der Waals surface area contributed by atoms with Gasteiger partial charge in [0.1, 0.15) is 30.6 Å². The zero-order valence-corrected chi connectivity index (χ0v) is 19.0. The number of nitriles is 1. The molecule has 0 spiro atoms. The van der Waals surface area contributed by atoms with Gasteiger partial charge in [0.2, 0.25) is 0 Å². The Balaban J connectivity index is 2.12. The number of hydrogen-bond acceptors (Lipinski definition) is 6. The van der Waals surface area contributed by atoms with Crippen LogP contribution in [0, 0.1) is 11.3 Å². The fourth-order valence-electron chi connectivity index (χ4n) is 2.42. The van der Waals surface area contributed by atoms with Crippen molar-refractivity contribution in [1.29, 1.82) is 5.26 Å². The summed E-state index contributed by atoms with van der Waals surface area (Å²) in [4.78, 5) is 11.8. The monoisotopic (exact) mass is 493 g/mol. The summed E-state index contributed by atoms with van der Waals surface area (Å²) in [7, 11) is 0. The minimum absolute atomic E-state index is 0.132. The Kier molecular flexibility index (Phi) is 9.52. The van der Waals surface area contributed by atoms with Gasteiger partial charge in [-0.15, -0.1) is 0 Å². The van der Waals surface area contributed by atoms with Crippen molar-refractivity contribution in [2.45, 2.75) is 13.8 Å². The van der Waals surface area contributed by atoms with Crippen LogP contribution >= 0.6 is 27.5 Å². The van der Waals surface area contributed by atoms with E-state index in [4.69, 9.17) is 30.5 Å². The molecule has 6 nitrogen and oxygen atoms in total. The van der Waals surface area contributed by atoms with Gasteiger partial charge in [0, 0.05) is 4.47 Å². The summed E-state index contributed by atoms with van der Waals surface area (Å²) < 4.78 is 22.9. The van der Waals surface area contributed by atoms with E-state index in [0.717, 1.165) is 10.2 Å². The molecule has 0 aliphatic heterocycles. The van der Waals surface area contributed by atoms with E-state index < -0.39 is 5.97 Å². The van der Waals surface area contributed by atoms with Crippen molar-refractivity contribution in [2.75, 3.05) is 26.4 Å². The number of carbonyl (C=O) groups excluding carboxylic acids is 1. The smallest absolute Gasteiger partial charge is 0.348 e. The quantitative estimate of drug-likeness (QED) is 0.190. The van der Waals surface area contributed by atoms with Crippen molar-refractivity contribution in [3.8, 4) is 23.3 Å². The molecule has 0 radical (unpaired) electrons. The molecule has 0 aliphatic carbocycles. The number of halogens is 2. The van der Waals surface area contributed by atoms with Crippen LogP contribution in [-0.4, -0.2) is 32.4 Å². The van der Waals surface area contributed by atoms with Gasteiger partial charge >= 0.3 is 5.97 Å². The molecule has 158 valence electrons. The number of hydrogen-bond donors (Lipinski definition) is 0. The lowest BCUT2D eigenvalue weighted by Gasteiger charge is -2.15. The minimum Gasteiger partial charge on any atom is -0.490 e. The summed E-state index contributed by atoms with van der Waals surface area (Å²) in [6.45, 7) is 4.62. The van der Waals surface area contributed by atoms with Crippen LogP contribution in [0.2, 0.25) is 5.02 Å². The van der Waals surface area contributed by atoms with Crippen LogP contribution in [0.4, 0.5) is 0 Å². The first-order valence-electron chi connectivity index (χ1n) is 9.24. The second-order valence-electron chi connectivity index (χ2n) is 5.80. The second kappa shape index (κ2) is 12.1. The first kappa shape index (κ1) is 23.6. The van der Waals surface area contributed by atoms with Crippen molar-refractivity contribution in [3.63, 3.8) is 0 Å². The predicted octanol–water partition coefficient (Wildman–Crippen LogP) is 5.43. The summed E-state index contributed by atoms with van der Waals surface area (Å²) >= 11 is 9.74. The van der Waals surface area contributed by atoms with Gasteiger partial charge in [0.25, 0.3) is 0 Å². The molecule has 0 saturated heterocycles. The molecule has 0 N–H and O–H groups in total. The van der Waals surface area contributed by atoms with E-state index in [1.807, 2.05) is 37.3 Å². The maximum atomic E-state index is 11.8. The van der Waals surface area contributed by atoms with Crippen LogP contribution in [0.3, 0.4) is 0 Å². The minimum atomic E-state index is -0.695. The van der Waals surface area contributed by atoms with Gasteiger partial charge in [-0.1, -0.05) is 27.5 Å². The Morgan fingerprint density at radius 2 is 1.80 bits per heavy atom. The lowest BCUT2D eigenvalue weighted by Crippen LogP contribution is -2.10. The molecule has 0 atom stereocenters. The molecule has 0 unspecified atom stereocenters. The number of esters is 1. The van der Waals surface area contributed by atoms with E-state index >= 15 is 0 Å². The van der Waals surface area contributed by atoms with E-state index in [9.17, 15) is 10.1 Å². The molecule has 30 heavy (non-hydrogen) atoms. The second-order valence-corrected chi connectivity index (χ2v) is 7.13. The topological polar surface area (TPSA) is 77.8 Å². The summed E-state index contributed by atoms with van der Waals surface area (Å²) in [6.07, 6.45) is 1.40. The number of rotatable bonds is 10. The maximum absolute atomic E-state index is 11.8. The fraction of sp³-hybridized carbons (Fsp3) is 0.273. The zero-order valence-electron chi connectivity index (χ0n) is 16.6. The van der Waals surface area contributed by atoms with Gasteiger partial charge in [-0.2, -0.15) is 5.26 Å². The number of carbonyl (C=O) groups is 1. The number of ether oxygens (including phenoxy) is 4. The third-order valence-corrected chi connectivity index (χ3v) is 4.48. The molecule has 8 heteroatoms. The average molecular weight is 495 g/mol. The Bertz CT molecular complexity index is 938. The lowest BCUT2D eigenvalue weighted by atomic mass is 10.1. The maximum Gasteiger partial charge on any atom is 0.348 e. The van der Waals surface area contributed by atoms with E-state index in [1.165, 1.54) is 6.08 Å². The highest BCUT2D eigenvalue weighted by atomic mass is 79.9. The molecule has 0 amide bonds. The Morgan fingerprint density at radius 1 is 1.10 bits per heavy atom. The van der Waals surface area contributed by atoms with E-state index in [2.05, 4.69) is 15.9 Å². The molecule has 0 saturated carbocycles. The number of benzene rings is 2. The summed E-state index contributed by atoms with van der Waals surface area (Å²) in [6, 6.07) is 12.5. The molecule has 0 bridgehead atoms. The Hall–Kier alpha value is -2.69. The molecule has 2 aromatic rings. The lowest BCUT2D eigenvalue weighted by molar-refractivity contribution is -0.137. The van der Waals surface area contributed by atoms with Crippen LogP contribution < -0.4 is 14.2 Å². The van der Waals surface area contributed by atoms with Crippen LogP contribution in [0.5, 0.6) is 17.2 Å². The molecule has 0 aliphatic rings. The SMILES string of the molecule is CCOC(=O)/C(C#N)=C/c1cc(Cl)c(OCCOc2ccc(Br)cc2)c(OCC)c1. The average Bonchev–Trinajstić information content (AvgIpc) is 2.72. The number of nitrogens with zero attached hydrogens (tertiary/aromatic N) is 1. The first-order chi connectivity index (χ1) is 14.5. The van der Waals surface area contributed by atoms with Gasteiger partial charge in [-0.3, -0.25) is 0 Å². The van der Waals surface area contributed by atoms with Crippen molar-refractivity contribution in [3.05, 3.63) is 57.0 Å². The largest absolute Gasteiger partial charge is 0.490 e. The van der Waals surface area contributed by atoms with Gasteiger partial charge in [-0.25, -0.2) is 4.79 Å². The van der Waals surface area contributed by atoms with Crippen LogP contribution in [0.1, 0.15) is 19.4 Å². The molecular formula is C22H21BrClNO5. The highest BCUT2D eigenvalue weighted by Gasteiger charge is 2.15. The highest BCUT2D eigenvalue weighted by molar-refractivity contribution is 9.10. The molecular weight excluding hydrogens is 474 g/mol. The molecule has 2 rings (SSSR count). The molecule has 2 aromatic carbocycles. The van der Waals surface area contributed by atoms with E-state index in [-0.39, 0.29) is 23.8 Å². The third-order valence-electron chi connectivity index (χ3n) is 3.67. The standard InChI is InChI=1S/C22H21BrClNO5/c1-3-27-20-13-15(11-16(14-25)22(26)28-4-2)12-19(24)21(20)30-10-9-29-18-7-5-17(23)6-8-18/h5-8,11-13H,3-4,9-10H2,1-2H3/b16-11+. The van der Waals surface area contributed by atoms with Crippen molar-refractivity contribution in [2.24, 2.45) is 0 Å². The van der Waals surface area contributed by atoms with Crippen LogP contribution in [-0.2, 0) is 9.53 Å². The van der Waals surface area contributed by atoms with Gasteiger partial charge < -0.3 is 18.9 Å². The van der Waals surface area contributed by atoms with Crippen molar-refractivity contribution < 1.29 is 23.7 Å². The van der Waals surface area contributed by atoms with E-state index in [1.54, 1.807) is 19.1 Å². The summed E-state index contributed by atoms with van der Waals surface area (Å²) in [5.74, 6) is 0.798. The highest BCUT2D eigenvalue weighted by Crippen LogP contribution is 2.37. The Labute approximate surface area is 189 Å². The van der Waals surface area contributed by atoms with Gasteiger partial charge in [-0.05, 0) is 61.9 Å². The van der Waals surface area contributed by atoms with Crippen LogP contribution in [0.25, 0.3) is 6.08 Å². The first-order valence-corrected chi connectivity index (χ1v) is 10.4. The predicted molar refractivity (Wildman–Crippen MR) is 118 cm³/mol. The van der Waals surface area contributed by atoms with E-state index in [0.29, 0.717) is 30.3 Å². The summed E-state index contributed by atoms with van der Waals surface area (Å²) in [5, 5.41) is 9.50. The summed E-state index contributed by atoms with van der Waals surface area (Å²) in [5.41, 5.74) is 0.387. The van der Waals surface area contributed by atoms with Crippen molar-refractivity contribution >= 4 is 39.6 Å². The zero-order chi connectivity index (χ0) is 21.9. The Morgan fingerprint density at radius 3 is 2.43 bits per heavy atom. The molecule has 0 aromatic heterocycles. The normalized spacial score (nSPS) is 10.8. The van der Waals surface area contributed by atoms with Crippen LogP contribution in [0.15, 0.2) is 46.4 Å². The van der Waals surface area contributed by atoms with Gasteiger partial charge in [0.15, 0.2) is 11.5 Å². The van der Waals surface area contributed by atoms with Gasteiger partial charge in [0.05, 0.1) is 18.2 Å². The fourth-order valence-corrected chi connectivity index (χ4v) is 2.96. The van der Waals surface area contributed by atoms with Crippen molar-refractivity contribution in [1.82, 2.24) is 0 Å². The molecule has 0 heterocycles.